The van der Waals surface area contributed by atoms with Crippen LogP contribution in [0.5, 0.6) is 0 Å². The highest BCUT2D eigenvalue weighted by Crippen LogP contribution is 2.59. The van der Waals surface area contributed by atoms with E-state index in [1.165, 1.54) is 4.90 Å². The van der Waals surface area contributed by atoms with E-state index in [1.807, 2.05) is 0 Å². The fraction of sp³-hybridized carbons (Fsp3) is 0.769. The molecule has 1 saturated carbocycles. The molecule has 4 rings (SSSR count). The largest absolute Gasteiger partial charge is 0.418 e. The van der Waals surface area contributed by atoms with Crippen molar-refractivity contribution in [3.05, 3.63) is 0 Å². The number of carbonyl (C=O) groups excluding carboxylic acids is 3. The lowest BCUT2D eigenvalue weighted by atomic mass is 9.85. The van der Waals surface area contributed by atoms with Gasteiger partial charge in [-0.3, -0.25) is 25.0 Å². The molecule has 4 fully saturated rings. The summed E-state index contributed by atoms with van der Waals surface area (Å²) in [7, 11) is -4.85. The van der Waals surface area contributed by atoms with Gasteiger partial charge in [-0.15, -0.1) is 4.28 Å². The van der Waals surface area contributed by atoms with Gasteiger partial charge in [0.25, 0.3) is 5.91 Å². The minimum atomic E-state index is -4.85. The van der Waals surface area contributed by atoms with E-state index in [4.69, 9.17) is 4.55 Å². The summed E-state index contributed by atoms with van der Waals surface area (Å²) in [5.41, 5.74) is 4.28. The van der Waals surface area contributed by atoms with Crippen LogP contribution >= 0.6 is 0 Å². The van der Waals surface area contributed by atoms with Crippen LogP contribution in [0, 0.1) is 11.3 Å². The van der Waals surface area contributed by atoms with E-state index >= 15 is 0 Å². The Balaban J connectivity index is 1.46. The van der Waals surface area contributed by atoms with E-state index in [0.717, 1.165) is 0 Å². The van der Waals surface area contributed by atoms with Crippen LogP contribution < -0.4 is 16.2 Å². The highest BCUT2D eigenvalue weighted by atomic mass is 32.3. The number of piperidine rings is 1. The Bertz CT molecular complexity index is 763. The van der Waals surface area contributed by atoms with E-state index in [-0.39, 0.29) is 18.4 Å². The first-order valence-electron chi connectivity index (χ1n) is 8.27. The summed E-state index contributed by atoms with van der Waals surface area (Å²) >= 11 is 0. The summed E-state index contributed by atoms with van der Waals surface area (Å²) in [4.78, 5) is 38.0. The standard InChI is InChI=1S/C13H19N5O7S/c19-10(7-4-14-5-7)15-16-11(20)8-3-13(1-2-13)9-6-17(8)12(21)18(9)25-26(22,23)24/h7-9,14H,1-6H2,(H,15,19)(H,16,20)(H,22,23,24)/t8-,9-/m0/s1. The predicted octanol–water partition coefficient (Wildman–Crippen LogP) is -2.25. The van der Waals surface area contributed by atoms with Crippen molar-refractivity contribution in [2.45, 2.75) is 31.3 Å². The summed E-state index contributed by atoms with van der Waals surface area (Å²) in [5.74, 6) is -1.05. The minimum Gasteiger partial charge on any atom is -0.315 e. The number of hydrogen-bond donors (Lipinski definition) is 4. The van der Waals surface area contributed by atoms with Crippen LogP contribution in [0.4, 0.5) is 4.79 Å². The van der Waals surface area contributed by atoms with E-state index in [2.05, 4.69) is 20.5 Å². The molecule has 1 aliphatic carbocycles. The Hall–Kier alpha value is -1.96. The van der Waals surface area contributed by atoms with Gasteiger partial charge < -0.3 is 10.2 Å². The molecule has 12 nitrogen and oxygen atoms in total. The highest BCUT2D eigenvalue weighted by Gasteiger charge is 2.65. The third kappa shape index (κ3) is 2.90. The molecule has 4 amide bonds. The van der Waals surface area contributed by atoms with Gasteiger partial charge in [-0.2, -0.15) is 13.5 Å². The van der Waals surface area contributed by atoms with Gasteiger partial charge in [0.1, 0.15) is 6.04 Å². The van der Waals surface area contributed by atoms with Gasteiger partial charge in [0.2, 0.25) is 5.91 Å². The van der Waals surface area contributed by atoms with Gasteiger partial charge >= 0.3 is 16.4 Å². The summed E-state index contributed by atoms with van der Waals surface area (Å²) in [5, 5.41) is 3.59. The maximum Gasteiger partial charge on any atom is 0.418 e. The van der Waals surface area contributed by atoms with Crippen molar-refractivity contribution >= 4 is 28.2 Å². The summed E-state index contributed by atoms with van der Waals surface area (Å²) < 4.78 is 35.4. The summed E-state index contributed by atoms with van der Waals surface area (Å²) in [6.45, 7) is 1.21. The molecule has 4 aliphatic rings. The Labute approximate surface area is 149 Å². The molecule has 0 aromatic heterocycles. The van der Waals surface area contributed by atoms with E-state index in [1.54, 1.807) is 0 Å². The zero-order chi connectivity index (χ0) is 18.7. The van der Waals surface area contributed by atoms with Crippen LogP contribution in [0.2, 0.25) is 0 Å². The third-order valence-electron chi connectivity index (χ3n) is 5.60. The zero-order valence-electron chi connectivity index (χ0n) is 13.7. The minimum absolute atomic E-state index is 0.118. The van der Waals surface area contributed by atoms with Crippen molar-refractivity contribution in [1.82, 2.24) is 26.1 Å². The molecular weight excluding hydrogens is 370 g/mol. The van der Waals surface area contributed by atoms with Gasteiger partial charge in [-0.25, -0.2) is 4.79 Å². The van der Waals surface area contributed by atoms with Gasteiger partial charge in [-0.05, 0) is 24.7 Å². The first-order chi connectivity index (χ1) is 12.2. The molecule has 3 heterocycles. The van der Waals surface area contributed by atoms with E-state index < -0.39 is 39.8 Å². The first kappa shape index (κ1) is 17.5. The molecule has 0 radical (unpaired) electrons. The van der Waals surface area contributed by atoms with Crippen molar-refractivity contribution in [2.75, 3.05) is 19.6 Å². The van der Waals surface area contributed by atoms with Crippen LogP contribution in [0.15, 0.2) is 0 Å². The highest BCUT2D eigenvalue weighted by molar-refractivity contribution is 7.80. The molecule has 3 saturated heterocycles. The molecule has 0 unspecified atom stereocenters. The number of hydrazine groups is 1. The predicted molar refractivity (Wildman–Crippen MR) is 83.1 cm³/mol. The Morgan fingerprint density at radius 1 is 1.23 bits per heavy atom. The molecule has 1 spiro atoms. The number of hydroxylamine groups is 2. The molecular formula is C13H19N5O7S. The Kier molecular flexibility index (Phi) is 3.87. The van der Waals surface area contributed by atoms with Gasteiger partial charge in [-0.1, -0.05) is 0 Å². The van der Waals surface area contributed by atoms with Crippen LogP contribution in [0.25, 0.3) is 0 Å². The van der Waals surface area contributed by atoms with Gasteiger partial charge in [0, 0.05) is 19.6 Å². The average molecular weight is 389 g/mol. The second kappa shape index (κ2) is 5.77. The van der Waals surface area contributed by atoms with Crippen molar-refractivity contribution in [3.8, 4) is 0 Å². The van der Waals surface area contributed by atoms with Crippen LogP contribution in [-0.4, -0.2) is 72.5 Å². The third-order valence-corrected chi connectivity index (χ3v) is 5.95. The number of hydrogen-bond acceptors (Lipinski definition) is 7. The van der Waals surface area contributed by atoms with Crippen molar-refractivity contribution in [1.29, 1.82) is 0 Å². The first-order valence-corrected chi connectivity index (χ1v) is 9.64. The summed E-state index contributed by atoms with van der Waals surface area (Å²) in [6, 6.07) is -2.20. The van der Waals surface area contributed by atoms with Gasteiger partial charge in [0.05, 0.1) is 12.0 Å². The van der Waals surface area contributed by atoms with Gasteiger partial charge in [0.15, 0.2) is 0 Å². The quantitative estimate of drug-likeness (QED) is 0.310. The molecule has 13 heteroatoms. The lowest BCUT2D eigenvalue weighted by Gasteiger charge is -2.35. The van der Waals surface area contributed by atoms with Crippen molar-refractivity contribution < 1.29 is 31.6 Å². The van der Waals surface area contributed by atoms with Crippen molar-refractivity contribution in [2.24, 2.45) is 11.3 Å². The fourth-order valence-electron chi connectivity index (χ4n) is 3.83. The number of nitrogens with one attached hydrogen (secondary N) is 3. The molecule has 4 N–H and O–H groups in total. The Morgan fingerprint density at radius 3 is 2.42 bits per heavy atom. The van der Waals surface area contributed by atoms with Crippen LogP contribution in [0.3, 0.4) is 0 Å². The number of carbonyl (C=O) groups is 3. The SMILES string of the molecule is O=C(NNC(=O)[C@@H]1CC2(CC2)[C@@H]2CN1C(=O)N2OS(=O)(=O)O)C1CNC1. The normalized spacial score (nSPS) is 29.5. The topological polar surface area (TPSA) is 157 Å². The second-order valence-corrected chi connectivity index (χ2v) is 8.20. The molecule has 3 aliphatic heterocycles. The van der Waals surface area contributed by atoms with E-state index in [0.29, 0.717) is 37.4 Å². The fourth-order valence-corrected chi connectivity index (χ4v) is 4.20. The summed E-state index contributed by atoms with van der Waals surface area (Å²) in [6.07, 6.45) is 1.77. The number of nitrogens with zero attached hydrogens (tertiary/aromatic N) is 2. The number of fused-ring (bicyclic) bond motifs is 3. The Morgan fingerprint density at radius 2 is 1.88 bits per heavy atom. The van der Waals surface area contributed by atoms with Crippen LogP contribution in [0.1, 0.15) is 19.3 Å². The molecule has 2 bridgehead atoms. The molecule has 0 aromatic rings. The van der Waals surface area contributed by atoms with Crippen LogP contribution in [-0.2, 0) is 24.3 Å². The lowest BCUT2D eigenvalue weighted by Crippen LogP contribution is -2.59. The maximum absolute atomic E-state index is 12.5. The molecule has 26 heavy (non-hydrogen) atoms. The smallest absolute Gasteiger partial charge is 0.315 e. The molecule has 0 aromatic carbocycles. The molecule has 2 atom stereocenters. The maximum atomic E-state index is 12.5. The number of rotatable bonds is 4. The number of urea groups is 1. The van der Waals surface area contributed by atoms with Crippen molar-refractivity contribution in [3.63, 3.8) is 0 Å². The lowest BCUT2D eigenvalue weighted by molar-refractivity contribution is -0.134. The number of amides is 4. The zero-order valence-corrected chi connectivity index (χ0v) is 14.5. The monoisotopic (exact) mass is 389 g/mol. The molecule has 144 valence electrons. The second-order valence-electron chi connectivity index (χ2n) is 7.19. The average Bonchev–Trinajstić information content (AvgIpc) is 3.21. The van der Waals surface area contributed by atoms with E-state index in [9.17, 15) is 22.8 Å².